The third kappa shape index (κ3) is 2.48. The van der Waals surface area contributed by atoms with E-state index >= 15 is 0 Å². The Morgan fingerprint density at radius 3 is 2.70 bits per heavy atom. The second-order valence-electron chi connectivity index (χ2n) is 5.94. The van der Waals surface area contributed by atoms with E-state index < -0.39 is 0 Å². The molecule has 1 aliphatic rings. The molecule has 3 rings (SSSR count). The highest BCUT2D eigenvalue weighted by molar-refractivity contribution is 5.84. The summed E-state index contributed by atoms with van der Waals surface area (Å²) in [7, 11) is 1.74. The summed E-state index contributed by atoms with van der Waals surface area (Å²) < 4.78 is 11.5. The van der Waals surface area contributed by atoms with Gasteiger partial charge in [0.25, 0.3) is 0 Å². The number of nitrogens with one attached hydrogen (secondary N) is 1. The van der Waals surface area contributed by atoms with Crippen LogP contribution in [0.2, 0.25) is 0 Å². The Hall–Kier alpha value is -1.32. The molecule has 0 atom stereocenters. The maximum Gasteiger partial charge on any atom is 0.135 e. The van der Waals surface area contributed by atoms with Gasteiger partial charge in [-0.3, -0.25) is 0 Å². The Morgan fingerprint density at radius 1 is 1.25 bits per heavy atom. The summed E-state index contributed by atoms with van der Waals surface area (Å²) in [6.07, 6.45) is 3.65. The molecule has 0 amide bonds. The Kier molecular flexibility index (Phi) is 3.81. The Bertz CT molecular complexity index is 613. The van der Waals surface area contributed by atoms with Crippen LogP contribution < -0.4 is 5.32 Å². The number of fused-ring (bicyclic) bond motifs is 2. The molecule has 108 valence electrons. The van der Waals surface area contributed by atoms with Gasteiger partial charge in [-0.15, -0.1) is 0 Å². The monoisotopic (exact) mass is 273 g/mol. The van der Waals surface area contributed by atoms with Crippen LogP contribution in [0.4, 0.5) is 0 Å². The molecule has 0 fully saturated rings. The van der Waals surface area contributed by atoms with Crippen LogP contribution in [-0.2, 0) is 30.7 Å². The molecule has 1 aromatic carbocycles. The van der Waals surface area contributed by atoms with Crippen LogP contribution in [0.5, 0.6) is 0 Å². The van der Waals surface area contributed by atoms with Crippen molar-refractivity contribution >= 4 is 11.0 Å². The SMILES string of the molecule is COCc1c(CNC(C)C)oc2cc3c(cc12)CCC3. The number of hydrogen-bond donors (Lipinski definition) is 1. The quantitative estimate of drug-likeness (QED) is 0.904. The average Bonchev–Trinajstić information content (AvgIpc) is 2.99. The van der Waals surface area contributed by atoms with Gasteiger partial charge in [-0.25, -0.2) is 0 Å². The fourth-order valence-electron chi connectivity index (χ4n) is 3.01. The first kappa shape index (κ1) is 13.7. The first-order chi connectivity index (χ1) is 9.69. The number of benzene rings is 1. The van der Waals surface area contributed by atoms with E-state index in [1.165, 1.54) is 41.3 Å². The van der Waals surface area contributed by atoms with Crippen molar-refractivity contribution in [1.82, 2.24) is 5.32 Å². The molecule has 3 heteroatoms. The molecule has 0 unspecified atom stereocenters. The zero-order valence-corrected chi connectivity index (χ0v) is 12.6. The number of methoxy groups -OCH3 is 1. The summed E-state index contributed by atoms with van der Waals surface area (Å²) in [6, 6.07) is 4.99. The first-order valence-electron chi connectivity index (χ1n) is 7.47. The molecule has 0 radical (unpaired) electrons. The molecule has 0 spiro atoms. The molecule has 1 aliphatic carbocycles. The Morgan fingerprint density at radius 2 is 2.00 bits per heavy atom. The summed E-state index contributed by atoms with van der Waals surface area (Å²) in [5.41, 5.74) is 5.15. The molecule has 20 heavy (non-hydrogen) atoms. The van der Waals surface area contributed by atoms with Crippen molar-refractivity contribution < 1.29 is 9.15 Å². The molecule has 0 saturated carbocycles. The number of rotatable bonds is 5. The van der Waals surface area contributed by atoms with E-state index in [0.717, 1.165) is 17.9 Å². The lowest BCUT2D eigenvalue weighted by atomic mass is 10.0. The predicted octanol–water partition coefficient (Wildman–Crippen LogP) is 3.57. The highest BCUT2D eigenvalue weighted by Gasteiger charge is 2.19. The zero-order valence-electron chi connectivity index (χ0n) is 12.6. The molecule has 1 N–H and O–H groups in total. The second-order valence-corrected chi connectivity index (χ2v) is 5.94. The molecule has 2 aromatic rings. The molecule has 1 heterocycles. The number of furan rings is 1. The minimum absolute atomic E-state index is 0.448. The van der Waals surface area contributed by atoms with Crippen LogP contribution in [0, 0.1) is 0 Å². The minimum Gasteiger partial charge on any atom is -0.459 e. The molecule has 3 nitrogen and oxygen atoms in total. The standard InChI is InChI=1S/C17H23NO2/c1-11(2)18-9-17-15(10-19-3)14-7-12-5-4-6-13(12)8-16(14)20-17/h7-8,11,18H,4-6,9-10H2,1-3H3. The molecule has 1 aromatic heterocycles. The summed E-state index contributed by atoms with van der Waals surface area (Å²) in [4.78, 5) is 0. The second kappa shape index (κ2) is 5.58. The third-order valence-electron chi connectivity index (χ3n) is 4.05. The molecule has 0 aliphatic heterocycles. The number of hydrogen-bond acceptors (Lipinski definition) is 3. The van der Waals surface area contributed by atoms with Crippen molar-refractivity contribution in [3.63, 3.8) is 0 Å². The van der Waals surface area contributed by atoms with Crippen LogP contribution in [0.1, 0.15) is 42.7 Å². The summed E-state index contributed by atoms with van der Waals surface area (Å²) >= 11 is 0. The van der Waals surface area contributed by atoms with E-state index in [9.17, 15) is 0 Å². The van der Waals surface area contributed by atoms with Crippen LogP contribution in [-0.4, -0.2) is 13.2 Å². The maximum atomic E-state index is 6.08. The average molecular weight is 273 g/mol. The van der Waals surface area contributed by atoms with Crippen molar-refractivity contribution in [2.75, 3.05) is 7.11 Å². The fraction of sp³-hybridized carbons (Fsp3) is 0.529. The Balaban J connectivity index is 2.03. The summed E-state index contributed by atoms with van der Waals surface area (Å²) in [5.74, 6) is 1.01. The lowest BCUT2D eigenvalue weighted by Crippen LogP contribution is -2.22. The van der Waals surface area contributed by atoms with Crippen LogP contribution >= 0.6 is 0 Å². The topological polar surface area (TPSA) is 34.4 Å². The van der Waals surface area contributed by atoms with Crippen LogP contribution in [0.15, 0.2) is 16.5 Å². The van der Waals surface area contributed by atoms with Crippen LogP contribution in [0.25, 0.3) is 11.0 Å². The molecular formula is C17H23NO2. The molecule has 0 bridgehead atoms. The highest BCUT2D eigenvalue weighted by Crippen LogP contribution is 2.33. The van der Waals surface area contributed by atoms with Gasteiger partial charge in [0.1, 0.15) is 11.3 Å². The fourth-order valence-corrected chi connectivity index (χ4v) is 3.01. The Labute approximate surface area is 120 Å². The number of ether oxygens (including phenoxy) is 1. The van der Waals surface area contributed by atoms with Gasteiger partial charge in [-0.1, -0.05) is 13.8 Å². The largest absolute Gasteiger partial charge is 0.459 e. The van der Waals surface area contributed by atoms with E-state index in [1.807, 2.05) is 0 Å². The smallest absolute Gasteiger partial charge is 0.135 e. The van der Waals surface area contributed by atoms with Gasteiger partial charge in [-0.05, 0) is 42.5 Å². The van der Waals surface area contributed by atoms with Crippen molar-refractivity contribution in [2.45, 2.75) is 52.3 Å². The van der Waals surface area contributed by atoms with Crippen molar-refractivity contribution in [2.24, 2.45) is 0 Å². The van der Waals surface area contributed by atoms with Crippen molar-refractivity contribution in [3.05, 3.63) is 34.6 Å². The van der Waals surface area contributed by atoms with E-state index in [0.29, 0.717) is 12.6 Å². The van der Waals surface area contributed by atoms with E-state index in [4.69, 9.17) is 9.15 Å². The van der Waals surface area contributed by atoms with Gasteiger partial charge in [0.15, 0.2) is 0 Å². The van der Waals surface area contributed by atoms with Gasteiger partial charge in [0, 0.05) is 24.1 Å². The van der Waals surface area contributed by atoms with Gasteiger partial charge < -0.3 is 14.5 Å². The van der Waals surface area contributed by atoms with E-state index in [-0.39, 0.29) is 0 Å². The van der Waals surface area contributed by atoms with Gasteiger partial charge in [0.05, 0.1) is 13.2 Å². The van der Waals surface area contributed by atoms with Gasteiger partial charge >= 0.3 is 0 Å². The highest BCUT2D eigenvalue weighted by atomic mass is 16.5. The molecule has 0 saturated heterocycles. The lowest BCUT2D eigenvalue weighted by Gasteiger charge is -2.07. The maximum absolute atomic E-state index is 6.08. The molecular weight excluding hydrogens is 250 g/mol. The van der Waals surface area contributed by atoms with Gasteiger partial charge in [0.2, 0.25) is 0 Å². The first-order valence-corrected chi connectivity index (χ1v) is 7.47. The van der Waals surface area contributed by atoms with E-state index in [1.54, 1.807) is 7.11 Å². The summed E-state index contributed by atoms with van der Waals surface area (Å²) in [5, 5.41) is 4.66. The van der Waals surface area contributed by atoms with Crippen molar-refractivity contribution in [1.29, 1.82) is 0 Å². The lowest BCUT2D eigenvalue weighted by molar-refractivity contribution is 0.183. The normalized spacial score (nSPS) is 14.4. The van der Waals surface area contributed by atoms with Crippen LogP contribution in [0.3, 0.4) is 0 Å². The predicted molar refractivity (Wildman–Crippen MR) is 80.9 cm³/mol. The van der Waals surface area contributed by atoms with E-state index in [2.05, 4.69) is 31.3 Å². The third-order valence-corrected chi connectivity index (χ3v) is 4.05. The minimum atomic E-state index is 0.448. The van der Waals surface area contributed by atoms with Gasteiger partial charge in [-0.2, -0.15) is 0 Å². The van der Waals surface area contributed by atoms with Crippen molar-refractivity contribution in [3.8, 4) is 0 Å². The summed E-state index contributed by atoms with van der Waals surface area (Å²) in [6.45, 7) is 5.66. The number of aryl methyl sites for hydroxylation is 2. The zero-order chi connectivity index (χ0) is 14.1.